The molecule has 1 aromatic heterocycles. The smallest absolute Gasteiger partial charge is 0.364 e. The van der Waals surface area contributed by atoms with E-state index in [0.29, 0.717) is 6.42 Å². The number of anilines is 1. The maximum atomic E-state index is 11.0. The van der Waals surface area contributed by atoms with Crippen molar-refractivity contribution < 1.29 is 14.8 Å². The maximum Gasteiger partial charge on any atom is 0.364 e. The van der Waals surface area contributed by atoms with Crippen LogP contribution in [0, 0.1) is 22.5 Å². The normalized spacial score (nSPS) is 11.3. The molecule has 0 spiro atoms. The van der Waals surface area contributed by atoms with Gasteiger partial charge in [0.2, 0.25) is 0 Å². The molecule has 7 nitrogen and oxygen atoms in total. The summed E-state index contributed by atoms with van der Waals surface area (Å²) < 4.78 is 0. The van der Waals surface area contributed by atoms with Gasteiger partial charge in [-0.15, -0.1) is 12.3 Å². The Bertz CT molecular complexity index is 522. The number of aromatic carboxylic acids is 1. The monoisotopic (exact) mass is 249 g/mol. The van der Waals surface area contributed by atoms with E-state index in [1.54, 1.807) is 6.92 Å². The highest BCUT2D eigenvalue weighted by atomic mass is 16.6. The Morgan fingerprint density at radius 3 is 2.94 bits per heavy atom. The zero-order chi connectivity index (χ0) is 13.7. The lowest BCUT2D eigenvalue weighted by atomic mass is 10.2. The molecule has 1 rings (SSSR count). The van der Waals surface area contributed by atoms with Crippen molar-refractivity contribution in [3.8, 4) is 12.3 Å². The number of carbonyl (C=O) groups is 1. The topological polar surface area (TPSA) is 105 Å². The molecule has 0 radical (unpaired) electrons. The summed E-state index contributed by atoms with van der Waals surface area (Å²) in [6.45, 7) is 1.77. The quantitative estimate of drug-likeness (QED) is 0.465. The van der Waals surface area contributed by atoms with E-state index in [2.05, 4.69) is 16.2 Å². The third kappa shape index (κ3) is 3.18. The first-order valence-corrected chi connectivity index (χ1v) is 5.03. The Balaban J connectivity index is 3.08. The second kappa shape index (κ2) is 5.63. The van der Waals surface area contributed by atoms with Crippen LogP contribution in [-0.2, 0) is 0 Å². The highest BCUT2D eigenvalue weighted by molar-refractivity contribution is 5.94. The summed E-state index contributed by atoms with van der Waals surface area (Å²) in [7, 11) is 0. The molecular formula is C11H11N3O4. The van der Waals surface area contributed by atoms with Crippen LogP contribution in [0.25, 0.3) is 0 Å². The summed E-state index contributed by atoms with van der Waals surface area (Å²) in [5.74, 6) is 0.648. The summed E-state index contributed by atoms with van der Waals surface area (Å²) in [5.41, 5.74) is -0.00331. The molecule has 0 aliphatic rings. The van der Waals surface area contributed by atoms with E-state index in [1.807, 2.05) is 0 Å². The van der Waals surface area contributed by atoms with Gasteiger partial charge >= 0.3 is 11.8 Å². The number of aromatic nitrogens is 1. The third-order valence-corrected chi connectivity index (χ3v) is 2.13. The van der Waals surface area contributed by atoms with Gasteiger partial charge < -0.3 is 20.5 Å². The lowest BCUT2D eigenvalue weighted by Gasteiger charge is -2.12. The highest BCUT2D eigenvalue weighted by Crippen LogP contribution is 2.20. The average Bonchev–Trinajstić information content (AvgIpc) is 2.29. The number of carboxylic acids is 1. The van der Waals surface area contributed by atoms with Gasteiger partial charge in [-0.2, -0.15) is 0 Å². The van der Waals surface area contributed by atoms with Gasteiger partial charge in [-0.25, -0.2) is 4.79 Å². The van der Waals surface area contributed by atoms with Gasteiger partial charge in [0.05, 0.1) is 17.3 Å². The van der Waals surface area contributed by atoms with Crippen LogP contribution in [0.15, 0.2) is 12.3 Å². The summed E-state index contributed by atoms with van der Waals surface area (Å²) in [4.78, 5) is 24.3. The molecule has 0 aromatic carbocycles. The molecule has 0 bridgehead atoms. The number of nitrogens with one attached hydrogen (secondary N) is 1. The molecule has 0 aliphatic carbocycles. The summed E-state index contributed by atoms with van der Waals surface area (Å²) in [6.07, 6.45) is 6.65. The van der Waals surface area contributed by atoms with Gasteiger partial charge in [-0.3, -0.25) is 0 Å². The molecule has 1 aromatic rings. The van der Waals surface area contributed by atoms with Crippen LogP contribution < -0.4 is 5.32 Å². The Hall–Kier alpha value is -2.62. The molecule has 1 atom stereocenters. The molecule has 0 amide bonds. The van der Waals surface area contributed by atoms with Crippen molar-refractivity contribution in [2.75, 3.05) is 5.32 Å². The van der Waals surface area contributed by atoms with Gasteiger partial charge in [0, 0.05) is 12.5 Å². The van der Waals surface area contributed by atoms with Crippen LogP contribution in [0.1, 0.15) is 23.7 Å². The van der Waals surface area contributed by atoms with E-state index < -0.39 is 16.7 Å². The fourth-order valence-corrected chi connectivity index (χ4v) is 1.33. The van der Waals surface area contributed by atoms with Gasteiger partial charge in [-0.1, -0.05) is 0 Å². The predicted octanol–water partition coefficient (Wildman–Crippen LogP) is 1.51. The van der Waals surface area contributed by atoms with Crippen molar-refractivity contribution in [1.82, 2.24) is 4.98 Å². The van der Waals surface area contributed by atoms with E-state index in [9.17, 15) is 14.9 Å². The number of nitrogens with zero attached hydrogens (tertiary/aromatic N) is 2. The van der Waals surface area contributed by atoms with Crippen LogP contribution in [0.5, 0.6) is 0 Å². The van der Waals surface area contributed by atoms with Crippen LogP contribution in [0.2, 0.25) is 0 Å². The van der Waals surface area contributed by atoms with Gasteiger partial charge in [-0.05, 0) is 16.8 Å². The van der Waals surface area contributed by atoms with E-state index >= 15 is 0 Å². The number of pyridine rings is 1. The first-order valence-electron chi connectivity index (χ1n) is 5.03. The third-order valence-electron chi connectivity index (χ3n) is 2.13. The van der Waals surface area contributed by atoms with Crippen molar-refractivity contribution in [2.45, 2.75) is 19.4 Å². The number of hydrogen-bond acceptors (Lipinski definition) is 5. The molecule has 1 unspecified atom stereocenters. The van der Waals surface area contributed by atoms with E-state index in [4.69, 9.17) is 11.5 Å². The molecule has 18 heavy (non-hydrogen) atoms. The number of terminal acetylenes is 1. The SMILES string of the molecule is C#CCC(C)Nc1cnc([N+](=O)[O-])cc1C(=O)O. The zero-order valence-electron chi connectivity index (χ0n) is 9.58. The molecule has 2 N–H and O–H groups in total. The van der Waals surface area contributed by atoms with Crippen molar-refractivity contribution in [2.24, 2.45) is 0 Å². The minimum Gasteiger partial charge on any atom is -0.478 e. The average molecular weight is 249 g/mol. The van der Waals surface area contributed by atoms with E-state index in [-0.39, 0.29) is 17.3 Å². The van der Waals surface area contributed by atoms with Crippen molar-refractivity contribution in [3.63, 3.8) is 0 Å². The summed E-state index contributed by atoms with van der Waals surface area (Å²) in [5, 5.41) is 22.3. The number of nitro groups is 1. The van der Waals surface area contributed by atoms with Crippen molar-refractivity contribution >= 4 is 17.5 Å². The molecular weight excluding hydrogens is 238 g/mol. The molecule has 0 fully saturated rings. The Labute approximate surface area is 103 Å². The van der Waals surface area contributed by atoms with Crippen LogP contribution in [0.4, 0.5) is 11.5 Å². The van der Waals surface area contributed by atoms with Crippen molar-refractivity contribution in [3.05, 3.63) is 27.9 Å². The standard InChI is InChI=1S/C11H11N3O4/c1-3-4-7(2)13-9-6-12-10(14(17)18)5-8(9)11(15)16/h1,5-7,13H,4H2,2H3,(H,15,16). The molecule has 0 saturated carbocycles. The Morgan fingerprint density at radius 1 is 1.78 bits per heavy atom. The van der Waals surface area contributed by atoms with Gasteiger partial charge in [0.1, 0.15) is 0 Å². The molecule has 1 heterocycles. The summed E-state index contributed by atoms with van der Waals surface area (Å²) in [6, 6.07) is 0.754. The minimum atomic E-state index is -1.27. The number of rotatable bonds is 5. The van der Waals surface area contributed by atoms with E-state index in [0.717, 1.165) is 12.3 Å². The lowest BCUT2D eigenvalue weighted by Crippen LogP contribution is -2.17. The van der Waals surface area contributed by atoms with E-state index in [1.165, 1.54) is 0 Å². The Kier molecular flexibility index (Phi) is 4.21. The van der Waals surface area contributed by atoms with Gasteiger partial charge in [0.15, 0.2) is 6.20 Å². The molecule has 0 aliphatic heterocycles. The van der Waals surface area contributed by atoms with Crippen molar-refractivity contribution in [1.29, 1.82) is 0 Å². The van der Waals surface area contributed by atoms with Crippen LogP contribution in [0.3, 0.4) is 0 Å². The zero-order valence-corrected chi connectivity index (χ0v) is 9.58. The number of carboxylic acid groups (broad SMARTS) is 1. The minimum absolute atomic E-state index is 0.156. The number of hydrogen-bond donors (Lipinski definition) is 2. The largest absolute Gasteiger partial charge is 0.478 e. The lowest BCUT2D eigenvalue weighted by molar-refractivity contribution is -0.389. The Morgan fingerprint density at radius 2 is 2.44 bits per heavy atom. The molecule has 0 saturated heterocycles. The predicted molar refractivity (Wildman–Crippen MR) is 64.4 cm³/mol. The fourth-order valence-electron chi connectivity index (χ4n) is 1.33. The molecule has 94 valence electrons. The maximum absolute atomic E-state index is 11.0. The van der Waals surface area contributed by atoms with Crippen LogP contribution >= 0.6 is 0 Å². The van der Waals surface area contributed by atoms with Gasteiger partial charge in [0.25, 0.3) is 0 Å². The van der Waals surface area contributed by atoms with Crippen LogP contribution in [-0.4, -0.2) is 27.0 Å². The second-order valence-corrected chi connectivity index (χ2v) is 3.60. The molecule has 7 heteroatoms. The second-order valence-electron chi connectivity index (χ2n) is 3.60. The first kappa shape index (κ1) is 13.4. The fraction of sp³-hybridized carbons (Fsp3) is 0.273. The summed E-state index contributed by atoms with van der Waals surface area (Å²) >= 11 is 0. The highest BCUT2D eigenvalue weighted by Gasteiger charge is 2.19. The first-order chi connectivity index (χ1) is 8.45.